The molecule has 2 saturated heterocycles. The summed E-state index contributed by atoms with van der Waals surface area (Å²) in [6, 6.07) is 9.42. The van der Waals surface area contributed by atoms with Gasteiger partial charge in [-0.2, -0.15) is 0 Å². The van der Waals surface area contributed by atoms with E-state index in [4.69, 9.17) is 21.3 Å². The van der Waals surface area contributed by atoms with Crippen molar-refractivity contribution in [1.29, 1.82) is 0 Å². The number of benzene rings is 1. The van der Waals surface area contributed by atoms with Gasteiger partial charge in [-0.25, -0.2) is 9.78 Å². The molecular weight excluding hydrogens is 576 g/mol. The number of fused-ring (bicyclic) bond motifs is 2. The normalized spacial score (nSPS) is 24.3. The fraction of sp³-hybridized carbons (Fsp3) is 0.529. The SMILES string of the molecule is CC1(Cn2ccnc2)CCCN(C(=O)[C@H]2CN([C@@H]3c4ccc(Cl)cc4CCc4cccnc43)CCN2C(=O)OC(C)(C)C)C1. The molecule has 10 heteroatoms. The lowest BCUT2D eigenvalue weighted by Gasteiger charge is -2.47. The molecule has 2 aliphatic heterocycles. The molecule has 2 fully saturated rings. The van der Waals surface area contributed by atoms with Crippen LogP contribution in [0.25, 0.3) is 0 Å². The van der Waals surface area contributed by atoms with Gasteiger partial charge in [0.2, 0.25) is 5.91 Å². The van der Waals surface area contributed by atoms with Gasteiger partial charge in [-0.05, 0) is 81.3 Å². The number of amides is 2. The van der Waals surface area contributed by atoms with E-state index in [1.54, 1.807) is 11.1 Å². The number of hydrogen-bond donors (Lipinski definition) is 0. The van der Waals surface area contributed by atoms with Gasteiger partial charge in [-0.15, -0.1) is 0 Å². The molecular formula is C34H43ClN6O3. The maximum atomic E-state index is 14.6. The minimum Gasteiger partial charge on any atom is -0.444 e. The zero-order valence-corrected chi connectivity index (χ0v) is 27.0. The summed E-state index contributed by atoms with van der Waals surface area (Å²) >= 11 is 6.46. The highest BCUT2D eigenvalue weighted by atomic mass is 35.5. The first kappa shape index (κ1) is 30.6. The number of likely N-dealkylation sites (tertiary alicyclic amines) is 1. The van der Waals surface area contributed by atoms with E-state index < -0.39 is 17.7 Å². The highest BCUT2D eigenvalue weighted by Crippen LogP contribution is 2.39. The van der Waals surface area contributed by atoms with Crippen molar-refractivity contribution in [2.45, 2.75) is 77.6 Å². The highest BCUT2D eigenvalue weighted by molar-refractivity contribution is 6.30. The number of nitrogens with zero attached hydrogens (tertiary/aromatic N) is 6. The van der Waals surface area contributed by atoms with E-state index in [9.17, 15) is 9.59 Å². The van der Waals surface area contributed by atoms with Gasteiger partial charge < -0.3 is 14.2 Å². The van der Waals surface area contributed by atoms with Crippen LogP contribution in [0.1, 0.15) is 69.0 Å². The number of pyridine rings is 1. The minimum atomic E-state index is -0.680. The summed E-state index contributed by atoms with van der Waals surface area (Å²) in [6.45, 7) is 11.3. The topological polar surface area (TPSA) is 83.8 Å². The van der Waals surface area contributed by atoms with E-state index in [0.29, 0.717) is 37.7 Å². The Bertz CT molecular complexity index is 1500. The van der Waals surface area contributed by atoms with Gasteiger partial charge in [0.15, 0.2) is 0 Å². The second-order valence-corrected chi connectivity index (χ2v) is 14.3. The number of ether oxygens (including phenoxy) is 1. The molecule has 3 atom stereocenters. The van der Waals surface area contributed by atoms with E-state index in [1.807, 2.05) is 56.5 Å². The molecule has 2 aromatic heterocycles. The van der Waals surface area contributed by atoms with Crippen LogP contribution in [0.15, 0.2) is 55.2 Å². The van der Waals surface area contributed by atoms with Crippen LogP contribution in [0, 0.1) is 5.41 Å². The fourth-order valence-corrected chi connectivity index (χ4v) is 7.40. The Morgan fingerprint density at radius 1 is 1.09 bits per heavy atom. The van der Waals surface area contributed by atoms with E-state index >= 15 is 0 Å². The summed E-state index contributed by atoms with van der Waals surface area (Å²) in [5.41, 5.74) is 3.81. The summed E-state index contributed by atoms with van der Waals surface area (Å²) in [5.74, 6) is -0.0247. The van der Waals surface area contributed by atoms with Crippen LogP contribution in [-0.2, 0) is 28.9 Å². The lowest BCUT2D eigenvalue weighted by molar-refractivity contribution is -0.143. The van der Waals surface area contributed by atoms with Crippen molar-refractivity contribution in [1.82, 2.24) is 29.2 Å². The molecule has 9 nitrogen and oxygen atoms in total. The van der Waals surface area contributed by atoms with Crippen molar-refractivity contribution in [2.24, 2.45) is 5.41 Å². The molecule has 2 amide bonds. The predicted octanol–water partition coefficient (Wildman–Crippen LogP) is 5.37. The van der Waals surface area contributed by atoms with E-state index in [2.05, 4.69) is 39.6 Å². The summed E-state index contributed by atoms with van der Waals surface area (Å²) in [4.78, 5) is 43.2. The molecule has 1 unspecified atom stereocenters. The zero-order chi connectivity index (χ0) is 31.1. The summed E-state index contributed by atoms with van der Waals surface area (Å²) in [5, 5.41) is 0.716. The molecule has 0 radical (unpaired) electrons. The molecule has 3 aromatic rings. The average molecular weight is 619 g/mol. The highest BCUT2D eigenvalue weighted by Gasteiger charge is 2.44. The van der Waals surface area contributed by atoms with Crippen LogP contribution in [-0.4, -0.2) is 85.6 Å². The molecule has 1 aliphatic carbocycles. The van der Waals surface area contributed by atoms with Crippen molar-refractivity contribution in [2.75, 3.05) is 32.7 Å². The molecule has 1 aromatic carbocycles. The third-order valence-corrected chi connectivity index (χ3v) is 9.39. The minimum absolute atomic E-state index is 0.0247. The molecule has 0 spiro atoms. The third kappa shape index (κ3) is 6.49. The Morgan fingerprint density at radius 2 is 1.91 bits per heavy atom. The van der Waals surface area contributed by atoms with Crippen LogP contribution in [0.4, 0.5) is 4.79 Å². The van der Waals surface area contributed by atoms with Gasteiger partial charge in [0.1, 0.15) is 11.6 Å². The summed E-state index contributed by atoms with van der Waals surface area (Å²) in [6.07, 6.45) is 10.7. The second-order valence-electron chi connectivity index (χ2n) is 13.9. The average Bonchev–Trinajstić information content (AvgIpc) is 3.42. The maximum Gasteiger partial charge on any atom is 0.411 e. The Morgan fingerprint density at radius 3 is 2.68 bits per heavy atom. The summed E-state index contributed by atoms with van der Waals surface area (Å²) in [7, 11) is 0. The lowest BCUT2D eigenvalue weighted by Crippen LogP contribution is -2.63. The number of aryl methyl sites for hydroxylation is 2. The fourth-order valence-electron chi connectivity index (χ4n) is 7.21. The number of carbonyl (C=O) groups is 2. The standard InChI is InChI=1S/C34H43ClN6O3/c1-33(2,3)44-32(43)41-18-17-39(30-27-11-10-26(35)19-25(27)9-8-24-7-5-13-37-29(24)30)20-28(41)31(42)40-15-6-12-34(4,22-40)21-38-16-14-36-23-38/h5,7,10-11,13-14,16,19,23,28,30H,6,8-9,12,15,17-18,20-22H2,1-4H3/t28-,30-,34?/m1/s1. The number of piperazine rings is 1. The number of carbonyl (C=O) groups excluding carboxylic acids is 2. The first-order valence-electron chi connectivity index (χ1n) is 15.7. The van der Waals surface area contributed by atoms with Crippen molar-refractivity contribution in [3.63, 3.8) is 0 Å². The van der Waals surface area contributed by atoms with Gasteiger partial charge in [0.25, 0.3) is 0 Å². The van der Waals surface area contributed by atoms with Crippen LogP contribution in [0.5, 0.6) is 0 Å². The van der Waals surface area contributed by atoms with Crippen molar-refractivity contribution < 1.29 is 14.3 Å². The van der Waals surface area contributed by atoms with Gasteiger partial charge in [-0.1, -0.05) is 30.7 Å². The van der Waals surface area contributed by atoms with Gasteiger partial charge in [0, 0.05) is 68.3 Å². The number of imidazole rings is 1. The van der Waals surface area contributed by atoms with Crippen LogP contribution < -0.4 is 0 Å². The number of aromatic nitrogens is 3. The molecule has 0 saturated carbocycles. The summed E-state index contributed by atoms with van der Waals surface area (Å²) < 4.78 is 7.93. The van der Waals surface area contributed by atoms with Crippen molar-refractivity contribution >= 4 is 23.6 Å². The zero-order valence-electron chi connectivity index (χ0n) is 26.2. The number of halogens is 1. The lowest BCUT2D eigenvalue weighted by atomic mass is 9.81. The number of piperidine rings is 1. The maximum absolute atomic E-state index is 14.6. The smallest absolute Gasteiger partial charge is 0.411 e. The second kappa shape index (κ2) is 12.2. The van der Waals surface area contributed by atoms with Crippen LogP contribution in [0.2, 0.25) is 5.02 Å². The quantitative estimate of drug-likeness (QED) is 0.391. The molecule has 0 bridgehead atoms. The predicted molar refractivity (Wildman–Crippen MR) is 169 cm³/mol. The van der Waals surface area contributed by atoms with Gasteiger partial charge >= 0.3 is 6.09 Å². The number of hydrogen-bond acceptors (Lipinski definition) is 6. The third-order valence-electron chi connectivity index (χ3n) is 9.15. The Balaban J connectivity index is 1.33. The molecule has 0 N–H and O–H groups in total. The van der Waals surface area contributed by atoms with Gasteiger partial charge in [0.05, 0.1) is 18.1 Å². The first-order valence-corrected chi connectivity index (χ1v) is 16.1. The first-order chi connectivity index (χ1) is 21.0. The molecule has 234 valence electrons. The van der Waals surface area contributed by atoms with Crippen molar-refractivity contribution in [3.05, 3.63) is 82.7 Å². The molecule has 44 heavy (non-hydrogen) atoms. The van der Waals surface area contributed by atoms with E-state index in [1.165, 1.54) is 11.1 Å². The van der Waals surface area contributed by atoms with E-state index in [-0.39, 0.29) is 17.4 Å². The number of rotatable bonds is 4. The monoisotopic (exact) mass is 618 g/mol. The molecule has 3 aliphatic rings. The van der Waals surface area contributed by atoms with Crippen LogP contribution in [0.3, 0.4) is 0 Å². The molecule has 6 rings (SSSR count). The Hall–Kier alpha value is -3.43. The van der Waals surface area contributed by atoms with Gasteiger partial charge in [-0.3, -0.25) is 19.6 Å². The largest absolute Gasteiger partial charge is 0.444 e. The Labute approximate surface area is 265 Å². The van der Waals surface area contributed by atoms with Crippen LogP contribution >= 0.6 is 11.6 Å². The Kier molecular flexibility index (Phi) is 8.46. The van der Waals surface area contributed by atoms with E-state index in [0.717, 1.165) is 43.5 Å². The van der Waals surface area contributed by atoms with Crippen molar-refractivity contribution in [3.8, 4) is 0 Å². The molecule has 4 heterocycles.